The van der Waals surface area contributed by atoms with E-state index >= 15 is 0 Å². The van der Waals surface area contributed by atoms with Gasteiger partial charge in [-0.2, -0.15) is 0 Å². The van der Waals surface area contributed by atoms with Gasteiger partial charge in [-0.05, 0) is 51.3 Å². The number of hydrogen-bond acceptors (Lipinski definition) is 4. The van der Waals surface area contributed by atoms with E-state index in [0.717, 1.165) is 37.8 Å². The first kappa shape index (κ1) is 20.8. The number of nitrogens with zero attached hydrogens (tertiary/aromatic N) is 2. The molecule has 154 valence electrons. The Bertz CT molecular complexity index is 669. The van der Waals surface area contributed by atoms with E-state index in [2.05, 4.69) is 12.2 Å². The largest absolute Gasteiger partial charge is 0.353 e. The number of hydrogen-bond donors (Lipinski definition) is 1. The van der Waals surface area contributed by atoms with Crippen molar-refractivity contribution in [2.45, 2.75) is 50.8 Å². The molecule has 1 heterocycles. The summed E-state index contributed by atoms with van der Waals surface area (Å²) in [5, 5.41) is 2.98. The van der Waals surface area contributed by atoms with Gasteiger partial charge < -0.3 is 15.0 Å². The summed E-state index contributed by atoms with van der Waals surface area (Å²) >= 11 is 0. The van der Waals surface area contributed by atoms with Crippen molar-refractivity contribution in [3.05, 3.63) is 35.9 Å². The molecule has 0 aromatic heterocycles. The van der Waals surface area contributed by atoms with Gasteiger partial charge in [0.2, 0.25) is 11.8 Å². The lowest BCUT2D eigenvalue weighted by Gasteiger charge is -2.43. The molecule has 1 aromatic carbocycles. The number of amides is 2. The highest BCUT2D eigenvalue weighted by molar-refractivity contribution is 5.89. The van der Waals surface area contributed by atoms with Crippen molar-refractivity contribution in [3.8, 4) is 0 Å². The molecule has 6 nitrogen and oxygen atoms in total. The summed E-state index contributed by atoms with van der Waals surface area (Å²) in [5.74, 6) is 0.498. The quantitative estimate of drug-likeness (QED) is 0.811. The lowest BCUT2D eigenvalue weighted by molar-refractivity contribution is -0.160. The summed E-state index contributed by atoms with van der Waals surface area (Å²) in [6.45, 7) is 3.85. The number of carbonyl (C=O) groups excluding carboxylic acids is 2. The van der Waals surface area contributed by atoms with Crippen molar-refractivity contribution in [1.29, 1.82) is 0 Å². The van der Waals surface area contributed by atoms with Gasteiger partial charge in [0.15, 0.2) is 0 Å². The Morgan fingerprint density at radius 3 is 2.54 bits per heavy atom. The molecule has 1 spiro atoms. The first-order valence-electron chi connectivity index (χ1n) is 10.3. The fraction of sp³-hybridized carbons (Fsp3) is 0.636. The zero-order valence-corrected chi connectivity index (χ0v) is 17.3. The van der Waals surface area contributed by atoms with Gasteiger partial charge in [-0.1, -0.05) is 37.3 Å². The highest BCUT2D eigenvalue weighted by atomic mass is 16.5. The number of rotatable bonds is 6. The summed E-state index contributed by atoms with van der Waals surface area (Å²) in [4.78, 5) is 30.0. The highest BCUT2D eigenvalue weighted by Crippen LogP contribution is 2.42. The maximum atomic E-state index is 13.3. The van der Waals surface area contributed by atoms with E-state index in [0.29, 0.717) is 18.9 Å². The third kappa shape index (κ3) is 4.73. The van der Waals surface area contributed by atoms with Crippen molar-refractivity contribution in [2.75, 3.05) is 33.8 Å². The van der Waals surface area contributed by atoms with Crippen molar-refractivity contribution in [3.63, 3.8) is 0 Å². The Kier molecular flexibility index (Phi) is 6.73. The van der Waals surface area contributed by atoms with Gasteiger partial charge in [0, 0.05) is 13.1 Å². The SMILES string of the molecule is CC1CCC2(CC1)OC[C@H](C(=O)NCCN(C)C)N2C(=O)Cc1ccccc1. The molecule has 2 amide bonds. The zero-order valence-electron chi connectivity index (χ0n) is 17.3. The molecule has 2 fully saturated rings. The molecule has 0 bridgehead atoms. The smallest absolute Gasteiger partial charge is 0.245 e. The Morgan fingerprint density at radius 2 is 1.89 bits per heavy atom. The molecule has 28 heavy (non-hydrogen) atoms. The highest BCUT2D eigenvalue weighted by Gasteiger charge is 2.53. The van der Waals surface area contributed by atoms with Gasteiger partial charge in [0.1, 0.15) is 11.8 Å². The molecule has 0 radical (unpaired) electrons. The molecule has 1 saturated carbocycles. The van der Waals surface area contributed by atoms with E-state index in [1.54, 1.807) is 4.90 Å². The molecule has 1 aliphatic carbocycles. The van der Waals surface area contributed by atoms with Gasteiger partial charge >= 0.3 is 0 Å². The van der Waals surface area contributed by atoms with E-state index < -0.39 is 11.8 Å². The minimum Gasteiger partial charge on any atom is -0.353 e. The predicted octanol–water partition coefficient (Wildman–Crippen LogP) is 2.04. The predicted molar refractivity (Wildman–Crippen MR) is 109 cm³/mol. The number of ether oxygens (including phenoxy) is 1. The van der Waals surface area contributed by atoms with Crippen LogP contribution in [0.2, 0.25) is 0 Å². The normalized spacial score (nSPS) is 27.4. The minimum atomic E-state index is -0.623. The third-order valence-electron chi connectivity index (χ3n) is 5.94. The molecule has 1 aromatic rings. The Morgan fingerprint density at radius 1 is 1.21 bits per heavy atom. The summed E-state index contributed by atoms with van der Waals surface area (Å²) in [6.07, 6.45) is 3.93. The van der Waals surface area contributed by atoms with Crippen molar-refractivity contribution in [2.24, 2.45) is 5.92 Å². The van der Waals surface area contributed by atoms with Gasteiger partial charge in [-0.15, -0.1) is 0 Å². The second-order valence-electron chi connectivity index (χ2n) is 8.48. The molecule has 1 aliphatic heterocycles. The number of likely N-dealkylation sites (N-methyl/N-ethyl adjacent to an activating group) is 1. The van der Waals surface area contributed by atoms with E-state index in [9.17, 15) is 9.59 Å². The van der Waals surface area contributed by atoms with Gasteiger partial charge in [0.25, 0.3) is 0 Å². The fourth-order valence-electron chi connectivity index (χ4n) is 4.23. The second kappa shape index (κ2) is 9.05. The first-order valence-corrected chi connectivity index (χ1v) is 10.3. The molecular weight excluding hydrogens is 354 g/mol. The van der Waals surface area contributed by atoms with Crippen LogP contribution < -0.4 is 5.32 Å². The van der Waals surface area contributed by atoms with Crippen LogP contribution in [0.15, 0.2) is 30.3 Å². The standard InChI is InChI=1S/C22H33N3O3/c1-17-9-11-22(12-10-17)25(20(26)15-18-7-5-4-6-8-18)19(16-28-22)21(27)23-13-14-24(2)3/h4-8,17,19H,9-16H2,1-3H3,(H,23,27)/t17?,19-,22?/m1/s1. The summed E-state index contributed by atoms with van der Waals surface area (Å²) in [6, 6.07) is 9.18. The third-order valence-corrected chi connectivity index (χ3v) is 5.94. The van der Waals surface area contributed by atoms with Gasteiger partial charge in [-0.25, -0.2) is 0 Å². The molecule has 3 rings (SSSR count). The van der Waals surface area contributed by atoms with Crippen LogP contribution in [0.5, 0.6) is 0 Å². The van der Waals surface area contributed by atoms with Gasteiger partial charge in [0.05, 0.1) is 13.0 Å². The Labute approximate surface area is 168 Å². The second-order valence-corrected chi connectivity index (χ2v) is 8.48. The fourth-order valence-corrected chi connectivity index (χ4v) is 4.23. The van der Waals surface area contributed by atoms with Crippen LogP contribution in [0.1, 0.15) is 38.2 Å². The molecular formula is C22H33N3O3. The lowest BCUT2D eigenvalue weighted by Crippen LogP contribution is -2.57. The van der Waals surface area contributed by atoms with E-state index in [-0.39, 0.29) is 18.4 Å². The monoisotopic (exact) mass is 387 g/mol. The van der Waals surface area contributed by atoms with E-state index in [4.69, 9.17) is 4.74 Å². The minimum absolute atomic E-state index is 0.0222. The molecule has 1 saturated heterocycles. The van der Waals surface area contributed by atoms with Crippen LogP contribution >= 0.6 is 0 Å². The summed E-state index contributed by atoms with van der Waals surface area (Å²) in [7, 11) is 3.94. The van der Waals surface area contributed by atoms with Gasteiger partial charge in [-0.3, -0.25) is 14.5 Å². The van der Waals surface area contributed by atoms with Crippen molar-refractivity contribution < 1.29 is 14.3 Å². The average Bonchev–Trinajstić information content (AvgIpc) is 3.04. The maximum absolute atomic E-state index is 13.3. The molecule has 2 aliphatic rings. The van der Waals surface area contributed by atoms with Crippen molar-refractivity contribution in [1.82, 2.24) is 15.1 Å². The topological polar surface area (TPSA) is 61.9 Å². The number of benzene rings is 1. The molecule has 1 N–H and O–H groups in total. The van der Waals surface area contributed by atoms with Crippen LogP contribution in [-0.2, 0) is 20.7 Å². The molecule has 6 heteroatoms. The van der Waals surface area contributed by atoms with Crippen LogP contribution in [-0.4, -0.2) is 67.2 Å². The Hall–Kier alpha value is -1.92. The van der Waals surface area contributed by atoms with E-state index in [1.165, 1.54) is 0 Å². The molecule has 0 unspecified atom stereocenters. The van der Waals surface area contributed by atoms with Crippen LogP contribution in [0.4, 0.5) is 0 Å². The van der Waals surface area contributed by atoms with Crippen LogP contribution in [0.25, 0.3) is 0 Å². The first-order chi connectivity index (χ1) is 13.4. The van der Waals surface area contributed by atoms with Crippen LogP contribution in [0, 0.1) is 5.92 Å². The molecule has 1 atom stereocenters. The number of nitrogens with one attached hydrogen (secondary N) is 1. The van der Waals surface area contributed by atoms with Crippen LogP contribution in [0.3, 0.4) is 0 Å². The zero-order chi connectivity index (χ0) is 20.1. The lowest BCUT2D eigenvalue weighted by atomic mass is 9.83. The Balaban J connectivity index is 1.76. The summed E-state index contributed by atoms with van der Waals surface area (Å²) < 4.78 is 6.20. The van der Waals surface area contributed by atoms with Crippen molar-refractivity contribution >= 4 is 11.8 Å². The maximum Gasteiger partial charge on any atom is 0.245 e. The summed E-state index contributed by atoms with van der Waals surface area (Å²) in [5.41, 5.74) is 0.340. The average molecular weight is 388 g/mol. The number of carbonyl (C=O) groups is 2. The van der Waals surface area contributed by atoms with E-state index in [1.807, 2.05) is 49.3 Å².